The Hall–Kier alpha value is -3.33. The third-order valence-corrected chi connectivity index (χ3v) is 4.34. The Kier molecular flexibility index (Phi) is 6.96. The third kappa shape index (κ3) is 6.08. The number of amides is 1. The van der Waals surface area contributed by atoms with Crippen molar-refractivity contribution in [3.05, 3.63) is 66.4 Å². The van der Waals surface area contributed by atoms with Gasteiger partial charge in [0.15, 0.2) is 5.69 Å². The lowest BCUT2D eigenvalue weighted by Gasteiger charge is -2.14. The summed E-state index contributed by atoms with van der Waals surface area (Å²) in [5.74, 6) is 0.188. The van der Waals surface area contributed by atoms with E-state index in [4.69, 9.17) is 4.74 Å². The van der Waals surface area contributed by atoms with Crippen LogP contribution in [0, 0.1) is 0 Å². The molecule has 9 heteroatoms. The van der Waals surface area contributed by atoms with Crippen molar-refractivity contribution in [2.24, 2.45) is 0 Å². The summed E-state index contributed by atoms with van der Waals surface area (Å²) in [6, 6.07) is 17.6. The van der Waals surface area contributed by atoms with Gasteiger partial charge in [0.05, 0.1) is 25.1 Å². The highest BCUT2D eigenvalue weighted by molar-refractivity contribution is 5.93. The van der Waals surface area contributed by atoms with Crippen molar-refractivity contribution in [2.45, 2.75) is 19.1 Å². The maximum atomic E-state index is 12.7. The number of hydrogen-bond acceptors (Lipinski definition) is 4. The van der Waals surface area contributed by atoms with Gasteiger partial charge in [-0.05, 0) is 49.4 Å². The summed E-state index contributed by atoms with van der Waals surface area (Å²) in [6.07, 6.45) is -4.41. The van der Waals surface area contributed by atoms with Crippen LogP contribution in [0.4, 0.5) is 13.2 Å². The fourth-order valence-electron chi connectivity index (χ4n) is 2.92. The van der Waals surface area contributed by atoms with E-state index in [0.29, 0.717) is 11.4 Å². The van der Waals surface area contributed by atoms with E-state index >= 15 is 0 Å². The summed E-state index contributed by atoms with van der Waals surface area (Å²) in [7, 11) is 1.57. The predicted molar refractivity (Wildman–Crippen MR) is 109 cm³/mol. The van der Waals surface area contributed by atoms with Gasteiger partial charge in [-0.3, -0.25) is 4.79 Å². The van der Waals surface area contributed by atoms with E-state index in [1.165, 1.54) is 0 Å². The Labute approximate surface area is 177 Å². The Bertz CT molecular complexity index is 1000. The molecule has 31 heavy (non-hydrogen) atoms. The number of alkyl halides is 3. The number of carbonyl (C=O) groups excluding carboxylic acids is 1. The molecule has 1 N–H and O–H groups in total. The topological polar surface area (TPSA) is 65.4 Å². The van der Waals surface area contributed by atoms with E-state index in [9.17, 15) is 18.0 Å². The monoisotopic (exact) mass is 433 g/mol. The Morgan fingerprint density at radius 2 is 1.81 bits per heavy atom. The van der Waals surface area contributed by atoms with E-state index in [2.05, 4.69) is 15.2 Å². The standard InChI is InChI=1S/C22H22F3N3O3/c1-15(13-31-14-22(23,24)25)26-21(29)19-12-20(16-8-10-18(30-2)11-9-16)28(27-19)17-6-4-3-5-7-17/h3-12,15H,13-14H2,1-2H3,(H,26,29). The van der Waals surface area contributed by atoms with Crippen LogP contribution in [-0.2, 0) is 4.74 Å². The Morgan fingerprint density at radius 3 is 2.42 bits per heavy atom. The number of halogens is 3. The van der Waals surface area contributed by atoms with Gasteiger partial charge in [-0.15, -0.1) is 0 Å². The molecule has 0 spiro atoms. The lowest BCUT2D eigenvalue weighted by atomic mass is 10.1. The summed E-state index contributed by atoms with van der Waals surface area (Å²) in [5, 5.41) is 7.04. The minimum atomic E-state index is -4.41. The largest absolute Gasteiger partial charge is 0.497 e. The molecular formula is C22H22F3N3O3. The van der Waals surface area contributed by atoms with Gasteiger partial charge in [0.25, 0.3) is 5.91 Å². The number of benzene rings is 2. The highest BCUT2D eigenvalue weighted by Gasteiger charge is 2.28. The van der Waals surface area contributed by atoms with Crippen molar-refractivity contribution in [1.82, 2.24) is 15.1 Å². The van der Waals surface area contributed by atoms with Gasteiger partial charge < -0.3 is 14.8 Å². The maximum Gasteiger partial charge on any atom is 0.411 e. The molecule has 0 bridgehead atoms. The number of aromatic nitrogens is 2. The normalized spacial score (nSPS) is 12.4. The molecule has 0 radical (unpaired) electrons. The van der Waals surface area contributed by atoms with Gasteiger partial charge >= 0.3 is 6.18 Å². The lowest BCUT2D eigenvalue weighted by Crippen LogP contribution is -2.37. The zero-order valence-electron chi connectivity index (χ0n) is 17.0. The highest BCUT2D eigenvalue weighted by Crippen LogP contribution is 2.26. The van der Waals surface area contributed by atoms with Crippen molar-refractivity contribution in [3.63, 3.8) is 0 Å². The summed E-state index contributed by atoms with van der Waals surface area (Å²) in [6.45, 7) is -0.0692. The van der Waals surface area contributed by atoms with Crippen LogP contribution < -0.4 is 10.1 Å². The van der Waals surface area contributed by atoms with Gasteiger partial charge in [0.1, 0.15) is 12.4 Å². The van der Waals surface area contributed by atoms with E-state index in [0.717, 1.165) is 11.3 Å². The first kappa shape index (κ1) is 22.4. The minimum Gasteiger partial charge on any atom is -0.497 e. The van der Waals surface area contributed by atoms with Gasteiger partial charge in [-0.1, -0.05) is 18.2 Å². The molecule has 0 aliphatic heterocycles. The van der Waals surface area contributed by atoms with Gasteiger partial charge in [-0.25, -0.2) is 4.68 Å². The first-order valence-corrected chi connectivity index (χ1v) is 9.52. The lowest BCUT2D eigenvalue weighted by molar-refractivity contribution is -0.174. The van der Waals surface area contributed by atoms with Crippen molar-refractivity contribution < 1.29 is 27.4 Å². The molecule has 1 unspecified atom stereocenters. The van der Waals surface area contributed by atoms with Crippen LogP contribution in [0.15, 0.2) is 60.7 Å². The number of carbonyl (C=O) groups is 1. The third-order valence-electron chi connectivity index (χ3n) is 4.34. The fourth-order valence-corrected chi connectivity index (χ4v) is 2.92. The van der Waals surface area contributed by atoms with Gasteiger partial charge in [0.2, 0.25) is 0 Å². The first-order valence-electron chi connectivity index (χ1n) is 9.52. The number of nitrogens with one attached hydrogen (secondary N) is 1. The second-order valence-electron chi connectivity index (χ2n) is 6.90. The SMILES string of the molecule is COc1ccc(-c2cc(C(=O)NC(C)COCC(F)(F)F)nn2-c2ccccc2)cc1. The second-order valence-corrected chi connectivity index (χ2v) is 6.90. The van der Waals surface area contributed by atoms with Crippen molar-refractivity contribution in [1.29, 1.82) is 0 Å². The number of para-hydroxylation sites is 1. The average molecular weight is 433 g/mol. The molecule has 0 aliphatic carbocycles. The van der Waals surface area contributed by atoms with Crippen LogP contribution in [0.1, 0.15) is 17.4 Å². The Morgan fingerprint density at radius 1 is 1.13 bits per heavy atom. The second kappa shape index (κ2) is 9.65. The number of rotatable bonds is 8. The van der Waals surface area contributed by atoms with Crippen LogP contribution in [0.3, 0.4) is 0 Å². The maximum absolute atomic E-state index is 12.7. The molecule has 3 rings (SSSR count). The molecule has 0 saturated heterocycles. The van der Waals surface area contributed by atoms with Crippen molar-refractivity contribution in [2.75, 3.05) is 20.3 Å². The average Bonchev–Trinajstić information content (AvgIpc) is 3.19. The summed E-state index contributed by atoms with van der Waals surface area (Å²) in [4.78, 5) is 12.7. The number of ether oxygens (including phenoxy) is 2. The molecule has 0 saturated carbocycles. The molecule has 1 heterocycles. The quantitative estimate of drug-likeness (QED) is 0.577. The van der Waals surface area contributed by atoms with E-state index < -0.39 is 24.7 Å². The summed E-state index contributed by atoms with van der Waals surface area (Å²) in [5.41, 5.74) is 2.39. The first-order chi connectivity index (χ1) is 14.8. The minimum absolute atomic E-state index is 0.136. The molecule has 3 aromatic rings. The molecule has 1 atom stereocenters. The van der Waals surface area contributed by atoms with Gasteiger partial charge in [-0.2, -0.15) is 18.3 Å². The molecule has 1 amide bonds. The van der Waals surface area contributed by atoms with E-state index in [1.807, 2.05) is 42.5 Å². The molecule has 1 aromatic heterocycles. The highest BCUT2D eigenvalue weighted by atomic mass is 19.4. The fraction of sp³-hybridized carbons (Fsp3) is 0.273. The van der Waals surface area contributed by atoms with Crippen LogP contribution in [0.25, 0.3) is 16.9 Å². The summed E-state index contributed by atoms with van der Waals surface area (Å²) >= 11 is 0. The number of nitrogens with zero attached hydrogens (tertiary/aromatic N) is 2. The predicted octanol–water partition coefficient (Wildman–Crippen LogP) is 4.25. The van der Waals surface area contributed by atoms with Crippen LogP contribution in [-0.4, -0.2) is 48.2 Å². The zero-order valence-corrected chi connectivity index (χ0v) is 17.0. The van der Waals surface area contributed by atoms with E-state index in [1.54, 1.807) is 36.9 Å². The molecule has 2 aromatic carbocycles. The van der Waals surface area contributed by atoms with Crippen LogP contribution in [0.2, 0.25) is 0 Å². The zero-order chi connectivity index (χ0) is 22.4. The Balaban J connectivity index is 1.82. The molecule has 0 fully saturated rings. The molecule has 164 valence electrons. The van der Waals surface area contributed by atoms with E-state index in [-0.39, 0.29) is 12.3 Å². The molecular weight excluding hydrogens is 411 g/mol. The van der Waals surface area contributed by atoms with Crippen molar-refractivity contribution >= 4 is 5.91 Å². The van der Waals surface area contributed by atoms with Crippen LogP contribution in [0.5, 0.6) is 5.75 Å². The molecule has 6 nitrogen and oxygen atoms in total. The number of hydrogen-bond donors (Lipinski definition) is 1. The number of methoxy groups -OCH3 is 1. The molecule has 0 aliphatic rings. The van der Waals surface area contributed by atoms with Gasteiger partial charge in [0, 0.05) is 11.6 Å². The summed E-state index contributed by atoms with van der Waals surface area (Å²) < 4.78 is 48.1. The van der Waals surface area contributed by atoms with Crippen molar-refractivity contribution in [3.8, 4) is 22.7 Å². The van der Waals surface area contributed by atoms with Crippen LogP contribution >= 0.6 is 0 Å². The smallest absolute Gasteiger partial charge is 0.411 e.